The molecule has 7 nitrogen and oxygen atoms in total. The number of ether oxygens (including phenoxy) is 1. The Morgan fingerprint density at radius 3 is 2.88 bits per heavy atom. The fourth-order valence-electron chi connectivity index (χ4n) is 3.20. The fraction of sp³-hybridized carbons (Fsp3) is 0.500. The van der Waals surface area contributed by atoms with E-state index in [-0.39, 0.29) is 24.2 Å². The van der Waals surface area contributed by atoms with Crippen molar-refractivity contribution in [3.63, 3.8) is 0 Å². The van der Waals surface area contributed by atoms with E-state index in [4.69, 9.17) is 9.57 Å². The molecule has 1 atom stereocenters. The first-order valence-corrected chi connectivity index (χ1v) is 8.65. The number of halogens is 1. The van der Waals surface area contributed by atoms with E-state index in [1.165, 1.54) is 12.1 Å². The minimum absolute atomic E-state index is 0.213. The fourth-order valence-corrected chi connectivity index (χ4v) is 3.20. The molecule has 0 aliphatic carbocycles. The van der Waals surface area contributed by atoms with E-state index < -0.39 is 5.60 Å². The van der Waals surface area contributed by atoms with Gasteiger partial charge >= 0.3 is 5.97 Å². The lowest BCUT2D eigenvalue weighted by molar-refractivity contribution is -0.144. The van der Waals surface area contributed by atoms with Gasteiger partial charge in [-0.05, 0) is 24.6 Å². The van der Waals surface area contributed by atoms with Gasteiger partial charge in [-0.2, -0.15) is 0 Å². The average Bonchev–Trinajstić information content (AvgIpc) is 3.21. The van der Waals surface area contributed by atoms with Crippen LogP contribution in [0, 0.1) is 5.82 Å². The standard InChI is InChI=1S/C18H22FN3O4/c1-2-25-16(23)11-22-8-7-18(12-22)9-15(21-26-18)17(24)20-10-13-3-5-14(19)6-4-13/h3-6H,2,7-12H2,1H3,(H,20,24). The number of oxime groups is 1. The second-order valence-electron chi connectivity index (χ2n) is 6.56. The summed E-state index contributed by atoms with van der Waals surface area (Å²) in [6.45, 7) is 3.86. The molecule has 0 saturated carbocycles. The summed E-state index contributed by atoms with van der Waals surface area (Å²) >= 11 is 0. The number of likely N-dealkylation sites (tertiary alicyclic amines) is 1. The first-order chi connectivity index (χ1) is 12.5. The van der Waals surface area contributed by atoms with Crippen LogP contribution in [0.2, 0.25) is 0 Å². The molecule has 1 aromatic rings. The number of hydrogen-bond acceptors (Lipinski definition) is 6. The summed E-state index contributed by atoms with van der Waals surface area (Å²) in [5.74, 6) is -0.875. The molecule has 1 N–H and O–H groups in total. The molecule has 1 amide bonds. The van der Waals surface area contributed by atoms with Crippen molar-refractivity contribution in [3.05, 3.63) is 35.6 Å². The number of nitrogens with zero attached hydrogens (tertiary/aromatic N) is 2. The van der Waals surface area contributed by atoms with E-state index in [1.54, 1.807) is 19.1 Å². The molecule has 0 bridgehead atoms. The summed E-state index contributed by atoms with van der Waals surface area (Å²) in [6.07, 6.45) is 1.10. The predicted molar refractivity (Wildman–Crippen MR) is 91.8 cm³/mol. The molecule has 2 aliphatic heterocycles. The SMILES string of the molecule is CCOC(=O)CN1CCC2(CC(C(=O)NCc3ccc(F)cc3)=NO2)C1. The Morgan fingerprint density at radius 1 is 1.38 bits per heavy atom. The van der Waals surface area contributed by atoms with Crippen LogP contribution in [-0.2, 0) is 25.7 Å². The Balaban J connectivity index is 1.47. The van der Waals surface area contributed by atoms with Gasteiger partial charge < -0.3 is 14.9 Å². The Kier molecular flexibility index (Phi) is 5.51. The number of carbonyl (C=O) groups excluding carboxylic acids is 2. The number of carbonyl (C=O) groups is 2. The van der Waals surface area contributed by atoms with Crippen molar-refractivity contribution < 1.29 is 23.6 Å². The molecule has 1 unspecified atom stereocenters. The lowest BCUT2D eigenvalue weighted by Gasteiger charge is -2.21. The van der Waals surface area contributed by atoms with Crippen molar-refractivity contribution in [2.45, 2.75) is 31.9 Å². The van der Waals surface area contributed by atoms with Crippen LogP contribution in [0.3, 0.4) is 0 Å². The zero-order valence-corrected chi connectivity index (χ0v) is 14.7. The van der Waals surface area contributed by atoms with Crippen LogP contribution >= 0.6 is 0 Å². The zero-order valence-electron chi connectivity index (χ0n) is 14.7. The van der Waals surface area contributed by atoms with Crippen LogP contribution < -0.4 is 5.32 Å². The van der Waals surface area contributed by atoms with E-state index in [1.807, 2.05) is 4.90 Å². The van der Waals surface area contributed by atoms with Crippen molar-refractivity contribution in [1.82, 2.24) is 10.2 Å². The molecule has 1 spiro atoms. The maximum Gasteiger partial charge on any atom is 0.320 e. The third-order valence-corrected chi connectivity index (χ3v) is 4.52. The van der Waals surface area contributed by atoms with Gasteiger partial charge in [-0.3, -0.25) is 14.5 Å². The molecule has 140 valence electrons. The highest BCUT2D eigenvalue weighted by molar-refractivity contribution is 6.39. The van der Waals surface area contributed by atoms with E-state index >= 15 is 0 Å². The molecular formula is C18H22FN3O4. The van der Waals surface area contributed by atoms with E-state index in [0.717, 1.165) is 5.56 Å². The second-order valence-corrected chi connectivity index (χ2v) is 6.56. The monoisotopic (exact) mass is 363 g/mol. The van der Waals surface area contributed by atoms with Crippen molar-refractivity contribution in [3.8, 4) is 0 Å². The van der Waals surface area contributed by atoms with Crippen LogP contribution in [-0.4, -0.2) is 54.3 Å². The first kappa shape index (κ1) is 18.3. The van der Waals surface area contributed by atoms with Gasteiger partial charge in [-0.15, -0.1) is 0 Å². The molecule has 1 aromatic carbocycles. The van der Waals surface area contributed by atoms with Gasteiger partial charge in [0.15, 0.2) is 5.60 Å². The van der Waals surface area contributed by atoms with Gasteiger partial charge in [-0.1, -0.05) is 17.3 Å². The molecule has 1 saturated heterocycles. The maximum absolute atomic E-state index is 12.9. The lowest BCUT2D eigenvalue weighted by Crippen LogP contribution is -2.38. The van der Waals surface area contributed by atoms with Gasteiger partial charge in [0.1, 0.15) is 11.5 Å². The van der Waals surface area contributed by atoms with Gasteiger partial charge in [0.05, 0.1) is 13.2 Å². The Morgan fingerprint density at radius 2 is 2.15 bits per heavy atom. The summed E-state index contributed by atoms with van der Waals surface area (Å²) in [5.41, 5.74) is 0.593. The molecule has 2 heterocycles. The van der Waals surface area contributed by atoms with Crippen molar-refractivity contribution in [2.75, 3.05) is 26.2 Å². The Labute approximate surface area is 151 Å². The topological polar surface area (TPSA) is 80.2 Å². The highest BCUT2D eigenvalue weighted by atomic mass is 19.1. The normalized spacial score (nSPS) is 22.2. The molecule has 2 aliphatic rings. The third-order valence-electron chi connectivity index (χ3n) is 4.52. The zero-order chi connectivity index (χ0) is 18.6. The largest absolute Gasteiger partial charge is 0.465 e. The van der Waals surface area contributed by atoms with E-state index in [2.05, 4.69) is 10.5 Å². The summed E-state index contributed by atoms with van der Waals surface area (Å²) in [7, 11) is 0. The number of esters is 1. The quantitative estimate of drug-likeness (QED) is 0.769. The third kappa shape index (κ3) is 4.37. The predicted octanol–water partition coefficient (Wildman–Crippen LogP) is 1.23. The number of rotatable bonds is 6. The van der Waals surface area contributed by atoms with Gasteiger partial charge in [0, 0.05) is 32.5 Å². The van der Waals surface area contributed by atoms with E-state index in [9.17, 15) is 14.0 Å². The number of amides is 1. The number of nitrogens with one attached hydrogen (secondary N) is 1. The number of hydrogen-bond donors (Lipinski definition) is 1. The molecule has 0 aromatic heterocycles. The van der Waals surface area contributed by atoms with Crippen molar-refractivity contribution in [1.29, 1.82) is 0 Å². The minimum atomic E-state index is -0.547. The average molecular weight is 363 g/mol. The molecule has 8 heteroatoms. The van der Waals surface area contributed by atoms with Crippen molar-refractivity contribution in [2.24, 2.45) is 5.16 Å². The summed E-state index contributed by atoms with van der Waals surface area (Å²) in [4.78, 5) is 31.4. The molecule has 3 rings (SSSR count). The van der Waals surface area contributed by atoms with E-state index in [0.29, 0.717) is 44.8 Å². The summed E-state index contributed by atoms with van der Waals surface area (Å²) < 4.78 is 17.9. The highest BCUT2D eigenvalue weighted by Gasteiger charge is 2.46. The minimum Gasteiger partial charge on any atom is -0.465 e. The van der Waals surface area contributed by atoms with Crippen LogP contribution in [0.25, 0.3) is 0 Å². The Hall–Kier alpha value is -2.48. The highest BCUT2D eigenvalue weighted by Crippen LogP contribution is 2.33. The van der Waals surface area contributed by atoms with Crippen LogP contribution in [0.4, 0.5) is 4.39 Å². The molecule has 1 fully saturated rings. The Bertz CT molecular complexity index is 707. The summed E-state index contributed by atoms with van der Waals surface area (Å²) in [5, 5.41) is 6.72. The van der Waals surface area contributed by atoms with Crippen molar-refractivity contribution >= 4 is 17.6 Å². The van der Waals surface area contributed by atoms with Crippen LogP contribution in [0.1, 0.15) is 25.3 Å². The number of benzene rings is 1. The molecular weight excluding hydrogens is 341 g/mol. The van der Waals surface area contributed by atoms with Crippen LogP contribution in [0.5, 0.6) is 0 Å². The second kappa shape index (κ2) is 7.82. The van der Waals surface area contributed by atoms with Crippen LogP contribution in [0.15, 0.2) is 29.4 Å². The molecule has 26 heavy (non-hydrogen) atoms. The van der Waals surface area contributed by atoms with Gasteiger partial charge in [0.25, 0.3) is 5.91 Å². The van der Waals surface area contributed by atoms with Gasteiger partial charge in [0.2, 0.25) is 0 Å². The van der Waals surface area contributed by atoms with Gasteiger partial charge in [-0.25, -0.2) is 4.39 Å². The smallest absolute Gasteiger partial charge is 0.320 e. The molecule has 0 radical (unpaired) electrons. The maximum atomic E-state index is 12.9. The summed E-state index contributed by atoms with van der Waals surface area (Å²) in [6, 6.07) is 5.94. The lowest BCUT2D eigenvalue weighted by atomic mass is 9.96. The first-order valence-electron chi connectivity index (χ1n) is 8.65.